The van der Waals surface area contributed by atoms with Crippen LogP contribution in [0.1, 0.15) is 11.5 Å². The van der Waals surface area contributed by atoms with Gasteiger partial charge < -0.3 is 14.5 Å². The van der Waals surface area contributed by atoms with Crippen molar-refractivity contribution in [2.24, 2.45) is 0 Å². The number of nitrogens with zero attached hydrogens (tertiary/aromatic N) is 3. The summed E-state index contributed by atoms with van der Waals surface area (Å²) in [7, 11) is 1.63. The number of aromatic nitrogens is 3. The van der Waals surface area contributed by atoms with Gasteiger partial charge in [-0.1, -0.05) is 12.1 Å². The molecule has 22 heavy (non-hydrogen) atoms. The molecule has 0 fully saturated rings. The van der Waals surface area contributed by atoms with E-state index in [1.807, 2.05) is 42.6 Å². The van der Waals surface area contributed by atoms with E-state index < -0.39 is 0 Å². The van der Waals surface area contributed by atoms with Crippen molar-refractivity contribution in [3.8, 4) is 17.2 Å². The van der Waals surface area contributed by atoms with E-state index in [0.29, 0.717) is 24.9 Å². The smallest absolute Gasteiger partial charge is 0.247 e. The molecule has 2 heterocycles. The topological polar surface area (TPSA) is 73.1 Å². The second-order valence-corrected chi connectivity index (χ2v) is 4.70. The van der Waals surface area contributed by atoms with E-state index in [1.54, 1.807) is 13.3 Å². The lowest BCUT2D eigenvalue weighted by atomic mass is 10.2. The molecule has 6 nitrogen and oxygen atoms in total. The monoisotopic (exact) mass is 296 g/mol. The molecular weight excluding hydrogens is 280 g/mol. The Hall–Kier alpha value is -2.73. The van der Waals surface area contributed by atoms with Crippen LogP contribution < -0.4 is 10.1 Å². The Labute approximate surface area is 128 Å². The number of ether oxygens (including phenoxy) is 1. The van der Waals surface area contributed by atoms with E-state index in [2.05, 4.69) is 20.5 Å². The lowest BCUT2D eigenvalue weighted by molar-refractivity contribution is 0.414. The summed E-state index contributed by atoms with van der Waals surface area (Å²) >= 11 is 0. The first-order valence-corrected chi connectivity index (χ1v) is 6.91. The van der Waals surface area contributed by atoms with Gasteiger partial charge in [-0.15, -0.1) is 10.2 Å². The van der Waals surface area contributed by atoms with Gasteiger partial charge in [0.25, 0.3) is 0 Å². The van der Waals surface area contributed by atoms with E-state index >= 15 is 0 Å². The fraction of sp³-hybridized carbons (Fsp3) is 0.188. The van der Waals surface area contributed by atoms with Gasteiger partial charge in [-0.3, -0.25) is 4.98 Å². The fourth-order valence-corrected chi connectivity index (χ4v) is 2.01. The van der Waals surface area contributed by atoms with Crippen LogP contribution >= 0.6 is 0 Å². The third kappa shape index (κ3) is 3.48. The molecule has 0 saturated carbocycles. The Kier molecular flexibility index (Phi) is 4.41. The molecule has 3 rings (SSSR count). The van der Waals surface area contributed by atoms with E-state index in [4.69, 9.17) is 9.15 Å². The number of hydrogen-bond donors (Lipinski definition) is 1. The van der Waals surface area contributed by atoms with Gasteiger partial charge in [0.05, 0.1) is 13.7 Å². The highest BCUT2D eigenvalue weighted by Crippen LogP contribution is 2.22. The lowest BCUT2D eigenvalue weighted by Gasteiger charge is -2.01. The van der Waals surface area contributed by atoms with Crippen molar-refractivity contribution in [1.82, 2.24) is 20.5 Å². The van der Waals surface area contributed by atoms with E-state index in [1.165, 1.54) is 0 Å². The number of benzene rings is 1. The normalized spacial score (nSPS) is 10.6. The Bertz CT molecular complexity index is 728. The average Bonchev–Trinajstić information content (AvgIpc) is 3.05. The molecule has 0 spiro atoms. The molecule has 0 atom stereocenters. The summed E-state index contributed by atoms with van der Waals surface area (Å²) in [6, 6.07) is 11.4. The minimum atomic E-state index is 0.483. The number of pyridine rings is 1. The van der Waals surface area contributed by atoms with Crippen LogP contribution in [-0.4, -0.2) is 22.3 Å². The standard InChI is InChI=1S/C16H16N4O2/c1-21-14-6-2-5-13(8-14)16-20-19-15(22-16)11-18-10-12-4-3-7-17-9-12/h2-9,18H,10-11H2,1H3. The second kappa shape index (κ2) is 6.82. The van der Waals surface area contributed by atoms with Gasteiger partial charge in [-0.2, -0.15) is 0 Å². The first-order valence-electron chi connectivity index (χ1n) is 6.91. The molecule has 112 valence electrons. The Morgan fingerprint density at radius 2 is 2.09 bits per heavy atom. The molecule has 1 N–H and O–H groups in total. The van der Waals surface area contributed by atoms with Crippen LogP contribution in [0.3, 0.4) is 0 Å². The highest BCUT2D eigenvalue weighted by Gasteiger charge is 2.09. The first kappa shape index (κ1) is 14.2. The predicted octanol–water partition coefficient (Wildman–Crippen LogP) is 2.43. The Balaban J connectivity index is 1.61. The molecule has 6 heteroatoms. The zero-order valence-corrected chi connectivity index (χ0v) is 12.2. The van der Waals surface area contributed by atoms with Crippen LogP contribution in [0.25, 0.3) is 11.5 Å². The minimum Gasteiger partial charge on any atom is -0.497 e. The molecule has 0 bridgehead atoms. The van der Waals surface area contributed by atoms with Crippen molar-refractivity contribution in [3.63, 3.8) is 0 Å². The van der Waals surface area contributed by atoms with Crippen LogP contribution in [0.5, 0.6) is 5.75 Å². The van der Waals surface area contributed by atoms with Crippen molar-refractivity contribution < 1.29 is 9.15 Å². The average molecular weight is 296 g/mol. The molecular formula is C16H16N4O2. The summed E-state index contributed by atoms with van der Waals surface area (Å²) in [6.45, 7) is 1.20. The highest BCUT2D eigenvalue weighted by atomic mass is 16.5. The zero-order chi connectivity index (χ0) is 15.2. The summed E-state index contributed by atoms with van der Waals surface area (Å²) in [5.74, 6) is 1.78. The van der Waals surface area contributed by atoms with Crippen LogP contribution in [-0.2, 0) is 13.1 Å². The highest BCUT2D eigenvalue weighted by molar-refractivity contribution is 5.55. The van der Waals surface area contributed by atoms with Gasteiger partial charge in [0.15, 0.2) is 0 Å². The van der Waals surface area contributed by atoms with E-state index in [0.717, 1.165) is 16.9 Å². The maximum atomic E-state index is 5.65. The summed E-state index contributed by atoms with van der Waals surface area (Å²) in [4.78, 5) is 4.07. The fourth-order valence-electron chi connectivity index (χ4n) is 2.01. The summed E-state index contributed by atoms with van der Waals surface area (Å²) < 4.78 is 10.8. The van der Waals surface area contributed by atoms with Crippen LogP contribution in [0.2, 0.25) is 0 Å². The van der Waals surface area contributed by atoms with Crippen molar-refractivity contribution in [3.05, 3.63) is 60.2 Å². The van der Waals surface area contributed by atoms with Crippen molar-refractivity contribution in [1.29, 1.82) is 0 Å². The number of hydrogen-bond acceptors (Lipinski definition) is 6. The number of nitrogens with one attached hydrogen (secondary N) is 1. The maximum absolute atomic E-state index is 5.65. The van der Waals surface area contributed by atoms with Gasteiger partial charge in [0.1, 0.15) is 5.75 Å². The van der Waals surface area contributed by atoms with Crippen molar-refractivity contribution in [2.75, 3.05) is 7.11 Å². The first-order chi connectivity index (χ1) is 10.8. The van der Waals surface area contributed by atoms with Crippen LogP contribution in [0, 0.1) is 0 Å². The maximum Gasteiger partial charge on any atom is 0.247 e. The predicted molar refractivity (Wildman–Crippen MR) is 81.1 cm³/mol. The van der Waals surface area contributed by atoms with Crippen molar-refractivity contribution >= 4 is 0 Å². The van der Waals surface area contributed by atoms with Gasteiger partial charge in [0.2, 0.25) is 11.8 Å². The Morgan fingerprint density at radius 3 is 2.91 bits per heavy atom. The third-order valence-electron chi connectivity index (χ3n) is 3.11. The van der Waals surface area contributed by atoms with Crippen molar-refractivity contribution in [2.45, 2.75) is 13.1 Å². The van der Waals surface area contributed by atoms with Crippen LogP contribution in [0.15, 0.2) is 53.2 Å². The number of methoxy groups -OCH3 is 1. The largest absolute Gasteiger partial charge is 0.497 e. The van der Waals surface area contributed by atoms with Gasteiger partial charge in [-0.05, 0) is 29.8 Å². The zero-order valence-electron chi connectivity index (χ0n) is 12.2. The molecule has 0 aliphatic rings. The molecule has 0 amide bonds. The third-order valence-corrected chi connectivity index (χ3v) is 3.11. The minimum absolute atomic E-state index is 0.483. The second-order valence-electron chi connectivity index (χ2n) is 4.70. The molecule has 0 radical (unpaired) electrons. The SMILES string of the molecule is COc1cccc(-c2nnc(CNCc3cccnc3)o2)c1. The molecule has 0 saturated heterocycles. The molecule has 2 aromatic heterocycles. The summed E-state index contributed by atoms with van der Waals surface area (Å²) in [5.41, 5.74) is 1.94. The van der Waals surface area contributed by atoms with Gasteiger partial charge in [0, 0.05) is 24.5 Å². The molecule has 1 aromatic carbocycles. The molecule has 0 aliphatic heterocycles. The summed E-state index contributed by atoms with van der Waals surface area (Å²) in [5, 5.41) is 11.4. The lowest BCUT2D eigenvalue weighted by Crippen LogP contribution is -2.12. The van der Waals surface area contributed by atoms with Gasteiger partial charge >= 0.3 is 0 Å². The molecule has 0 unspecified atom stereocenters. The van der Waals surface area contributed by atoms with E-state index in [-0.39, 0.29) is 0 Å². The molecule has 3 aromatic rings. The summed E-state index contributed by atoms with van der Waals surface area (Å²) in [6.07, 6.45) is 3.57. The van der Waals surface area contributed by atoms with Gasteiger partial charge in [-0.25, -0.2) is 0 Å². The number of rotatable bonds is 6. The Morgan fingerprint density at radius 1 is 1.14 bits per heavy atom. The molecule has 0 aliphatic carbocycles. The van der Waals surface area contributed by atoms with E-state index in [9.17, 15) is 0 Å². The quantitative estimate of drug-likeness (QED) is 0.753. The van der Waals surface area contributed by atoms with Crippen LogP contribution in [0.4, 0.5) is 0 Å².